The molecule has 232 valence electrons. The highest BCUT2D eigenvalue weighted by molar-refractivity contribution is 6.32. The van der Waals surface area contributed by atoms with Gasteiger partial charge in [-0.25, -0.2) is 14.0 Å². The minimum Gasteiger partial charge on any atom is -0.456 e. The fourth-order valence-corrected chi connectivity index (χ4v) is 5.63. The molecule has 10 nitrogen and oxygen atoms in total. The molecule has 0 unspecified atom stereocenters. The Bertz CT molecular complexity index is 1730. The Balaban J connectivity index is 1.58. The van der Waals surface area contributed by atoms with Crippen molar-refractivity contribution in [2.75, 3.05) is 45.0 Å². The molecule has 2 aromatic carbocycles. The van der Waals surface area contributed by atoms with Gasteiger partial charge in [0.15, 0.2) is 0 Å². The van der Waals surface area contributed by atoms with Gasteiger partial charge in [0.1, 0.15) is 11.6 Å². The highest BCUT2D eigenvalue weighted by Crippen LogP contribution is 2.42. The van der Waals surface area contributed by atoms with Gasteiger partial charge < -0.3 is 23.7 Å². The molecular weight excluding hydrogens is 589 g/mol. The van der Waals surface area contributed by atoms with Crippen molar-refractivity contribution in [1.82, 2.24) is 19.0 Å². The summed E-state index contributed by atoms with van der Waals surface area (Å²) in [6.45, 7) is 9.39. The van der Waals surface area contributed by atoms with Gasteiger partial charge in [0.25, 0.3) is 0 Å². The predicted octanol–water partition coefficient (Wildman–Crippen LogP) is 5.66. The topological polar surface area (TPSA) is 91.1 Å². The quantitative estimate of drug-likeness (QED) is 0.184. The highest BCUT2D eigenvalue weighted by atomic mass is 35.5. The number of ether oxygens (including phenoxy) is 3. The number of carbonyl (C=O) groups is 1. The summed E-state index contributed by atoms with van der Waals surface area (Å²) in [5.74, 6) is -0.249. The number of nitrogens with zero attached hydrogens (tertiary/aromatic N) is 5. The van der Waals surface area contributed by atoms with E-state index in [0.717, 1.165) is 37.6 Å². The molecule has 12 heteroatoms. The summed E-state index contributed by atoms with van der Waals surface area (Å²) in [7, 11) is 2.84. The molecule has 0 aliphatic carbocycles. The highest BCUT2D eigenvalue weighted by Gasteiger charge is 2.23. The van der Waals surface area contributed by atoms with Crippen LogP contribution in [0.15, 0.2) is 59.8 Å². The average molecular weight is 624 g/mol. The fourth-order valence-electron chi connectivity index (χ4n) is 5.36. The summed E-state index contributed by atoms with van der Waals surface area (Å²) < 4.78 is 33.8. The third-order valence-corrected chi connectivity index (χ3v) is 8.12. The molecule has 3 heterocycles. The van der Waals surface area contributed by atoms with Crippen LogP contribution in [0.25, 0.3) is 27.9 Å². The van der Waals surface area contributed by atoms with Crippen LogP contribution < -0.4 is 15.3 Å². The van der Waals surface area contributed by atoms with Crippen LogP contribution in [0.4, 0.5) is 14.9 Å². The van der Waals surface area contributed by atoms with Gasteiger partial charge in [-0.05, 0) is 56.7 Å². The van der Waals surface area contributed by atoms with E-state index >= 15 is 4.39 Å². The molecule has 0 N–H and O–H groups in total. The van der Waals surface area contributed by atoms with E-state index in [1.165, 1.54) is 28.4 Å². The first-order chi connectivity index (χ1) is 21.1. The molecule has 1 saturated heterocycles. The zero-order chi connectivity index (χ0) is 31.5. The van der Waals surface area contributed by atoms with Crippen LogP contribution >= 0.6 is 11.6 Å². The number of piperazine rings is 1. The van der Waals surface area contributed by atoms with Crippen molar-refractivity contribution in [2.45, 2.75) is 26.8 Å². The Morgan fingerprint density at radius 2 is 1.73 bits per heavy atom. The molecule has 5 rings (SSSR count). The lowest BCUT2D eigenvalue weighted by atomic mass is 9.96. The van der Waals surface area contributed by atoms with E-state index in [2.05, 4.69) is 33.4 Å². The number of hydrogen-bond donors (Lipinski definition) is 0. The lowest BCUT2D eigenvalue weighted by Crippen LogP contribution is -2.49. The van der Waals surface area contributed by atoms with Crippen LogP contribution in [0, 0.1) is 12.7 Å². The summed E-state index contributed by atoms with van der Waals surface area (Å²) in [6.07, 6.45) is 4.00. The Morgan fingerprint density at radius 3 is 2.34 bits per heavy atom. The third-order valence-electron chi connectivity index (χ3n) is 7.82. The van der Waals surface area contributed by atoms with E-state index in [0.29, 0.717) is 34.0 Å². The monoisotopic (exact) mass is 623 g/mol. The zero-order valence-corrected chi connectivity index (χ0v) is 26.1. The standard InChI is InChI=1S/C32H35ClFN5O5/c1-20(2)37-9-11-38(12-10-37)29-15-23(18-35-21(29)3)26-17-24(34)16-25(30(26)43-19-44-32(41)42-5)22-6-7-28(27(33)14-22)39-13-8-36(4)31(39)40/h6-8,13-18,20H,9-12,19H2,1-5H3. The maximum Gasteiger partial charge on any atom is 0.510 e. The average Bonchev–Trinajstić information content (AvgIpc) is 3.34. The van der Waals surface area contributed by atoms with Gasteiger partial charge in [0, 0.05) is 74.5 Å². The summed E-state index contributed by atoms with van der Waals surface area (Å²) in [5, 5.41) is 0.276. The number of hydrogen-bond acceptors (Lipinski definition) is 8. The van der Waals surface area contributed by atoms with Crippen molar-refractivity contribution in [3.05, 3.63) is 82.0 Å². The maximum atomic E-state index is 15.4. The number of aromatic nitrogens is 3. The van der Waals surface area contributed by atoms with Crippen molar-refractivity contribution in [1.29, 1.82) is 0 Å². The molecule has 1 aliphatic heterocycles. The number of halogens is 2. The molecule has 4 aromatic rings. The number of imidazole rings is 1. The van der Waals surface area contributed by atoms with Crippen LogP contribution in [0.3, 0.4) is 0 Å². The smallest absolute Gasteiger partial charge is 0.456 e. The SMILES string of the molecule is COC(=O)OCOc1c(-c2ccc(-n3ccn(C)c3=O)c(Cl)c2)cc(F)cc1-c1cnc(C)c(N2CCN(C(C)C)CC2)c1. The van der Waals surface area contributed by atoms with Crippen molar-refractivity contribution >= 4 is 23.4 Å². The number of pyridine rings is 1. The largest absolute Gasteiger partial charge is 0.510 e. The minimum atomic E-state index is -0.921. The molecule has 0 bridgehead atoms. The van der Waals surface area contributed by atoms with E-state index in [4.69, 9.17) is 21.1 Å². The molecule has 0 atom stereocenters. The fraction of sp³-hybridized carbons (Fsp3) is 0.344. The Hall–Kier alpha value is -4.35. The number of carbonyl (C=O) groups excluding carboxylic acids is 1. The second kappa shape index (κ2) is 13.1. The summed E-state index contributed by atoms with van der Waals surface area (Å²) in [5.41, 5.74) is 3.97. The van der Waals surface area contributed by atoms with Gasteiger partial charge in [-0.3, -0.25) is 14.5 Å². The number of benzene rings is 2. The molecule has 1 fully saturated rings. The minimum absolute atomic E-state index is 0.259. The lowest BCUT2D eigenvalue weighted by Gasteiger charge is -2.38. The number of rotatable bonds is 8. The van der Waals surface area contributed by atoms with Crippen molar-refractivity contribution in [3.8, 4) is 33.7 Å². The second-order valence-electron chi connectivity index (χ2n) is 10.9. The number of methoxy groups -OCH3 is 1. The molecular formula is C32H35ClFN5O5. The molecule has 1 aliphatic rings. The first-order valence-corrected chi connectivity index (χ1v) is 14.6. The van der Waals surface area contributed by atoms with Crippen LogP contribution in [0.5, 0.6) is 5.75 Å². The van der Waals surface area contributed by atoms with E-state index in [-0.39, 0.29) is 16.5 Å². The van der Waals surface area contributed by atoms with Gasteiger partial charge in [-0.15, -0.1) is 0 Å². The number of anilines is 1. The summed E-state index contributed by atoms with van der Waals surface area (Å²) >= 11 is 6.65. The Labute approximate surface area is 260 Å². The zero-order valence-electron chi connectivity index (χ0n) is 25.3. The van der Waals surface area contributed by atoms with Gasteiger partial charge in [0.05, 0.1) is 29.2 Å². The molecule has 0 amide bonds. The Morgan fingerprint density at radius 1 is 1.02 bits per heavy atom. The van der Waals surface area contributed by atoms with E-state index < -0.39 is 18.8 Å². The van der Waals surface area contributed by atoms with Crippen LogP contribution in [0.1, 0.15) is 19.5 Å². The third kappa shape index (κ3) is 6.44. The van der Waals surface area contributed by atoms with Gasteiger partial charge in [-0.1, -0.05) is 17.7 Å². The van der Waals surface area contributed by atoms with E-state index in [9.17, 15) is 9.59 Å². The second-order valence-corrected chi connectivity index (χ2v) is 11.3. The van der Waals surface area contributed by atoms with E-state index in [1.807, 2.05) is 13.0 Å². The van der Waals surface area contributed by atoms with Crippen LogP contribution in [-0.4, -0.2) is 71.3 Å². The van der Waals surface area contributed by atoms with Gasteiger partial charge >= 0.3 is 11.8 Å². The lowest BCUT2D eigenvalue weighted by molar-refractivity contribution is 0.0154. The first kappa shape index (κ1) is 31.1. The predicted molar refractivity (Wildman–Crippen MR) is 167 cm³/mol. The van der Waals surface area contributed by atoms with E-state index in [1.54, 1.807) is 43.8 Å². The Kier molecular flexibility index (Phi) is 9.26. The molecule has 2 aromatic heterocycles. The van der Waals surface area contributed by atoms with Crippen molar-refractivity contribution in [3.63, 3.8) is 0 Å². The number of aryl methyl sites for hydroxylation is 2. The molecule has 44 heavy (non-hydrogen) atoms. The maximum absolute atomic E-state index is 15.4. The van der Waals surface area contributed by atoms with Gasteiger partial charge in [0.2, 0.25) is 6.79 Å². The first-order valence-electron chi connectivity index (χ1n) is 14.2. The molecule has 0 spiro atoms. The normalized spacial score (nSPS) is 13.8. The molecule has 0 saturated carbocycles. The summed E-state index contributed by atoms with van der Waals surface area (Å²) in [4.78, 5) is 33.6. The summed E-state index contributed by atoms with van der Waals surface area (Å²) in [6, 6.07) is 10.2. The van der Waals surface area contributed by atoms with Crippen LogP contribution in [0.2, 0.25) is 5.02 Å². The van der Waals surface area contributed by atoms with Gasteiger partial charge in [-0.2, -0.15) is 0 Å². The van der Waals surface area contributed by atoms with Crippen LogP contribution in [-0.2, 0) is 16.5 Å². The van der Waals surface area contributed by atoms with Crippen molar-refractivity contribution < 1.29 is 23.4 Å². The van der Waals surface area contributed by atoms with Crippen molar-refractivity contribution in [2.24, 2.45) is 7.05 Å². The molecule has 0 radical (unpaired) electrons.